The molecule has 0 amide bonds. The summed E-state index contributed by atoms with van der Waals surface area (Å²) in [5.74, 6) is -0.831. The van der Waals surface area contributed by atoms with Gasteiger partial charge in [0.2, 0.25) is 0 Å². The fourth-order valence-corrected chi connectivity index (χ4v) is 2.81. The van der Waals surface area contributed by atoms with Crippen LogP contribution in [0.3, 0.4) is 0 Å². The first-order valence-corrected chi connectivity index (χ1v) is 9.55. The van der Waals surface area contributed by atoms with Crippen LogP contribution in [0.4, 0.5) is 0 Å². The van der Waals surface area contributed by atoms with Crippen LogP contribution in [0.15, 0.2) is 66.9 Å². The number of hydrogen-bond acceptors (Lipinski definition) is 5. The number of esters is 1. The Labute approximate surface area is 169 Å². The molecular formula is C23H23N3O3. The Bertz CT molecular complexity index is 976. The summed E-state index contributed by atoms with van der Waals surface area (Å²) in [6.45, 7) is 2.41. The van der Waals surface area contributed by atoms with E-state index >= 15 is 0 Å². The van der Waals surface area contributed by atoms with Crippen molar-refractivity contribution < 1.29 is 14.3 Å². The first-order valence-electron chi connectivity index (χ1n) is 9.55. The maximum atomic E-state index is 12.1. The van der Waals surface area contributed by atoms with Crippen molar-refractivity contribution in [3.63, 3.8) is 0 Å². The number of aryl methyl sites for hydroxylation is 1. The smallest absolute Gasteiger partial charge is 0.331 e. The summed E-state index contributed by atoms with van der Waals surface area (Å²) >= 11 is 0. The zero-order valence-corrected chi connectivity index (χ0v) is 16.3. The van der Waals surface area contributed by atoms with E-state index in [2.05, 4.69) is 17.2 Å². The van der Waals surface area contributed by atoms with Gasteiger partial charge in [-0.1, -0.05) is 73.2 Å². The quantitative estimate of drug-likeness (QED) is 0.317. The van der Waals surface area contributed by atoms with Gasteiger partial charge < -0.3 is 4.74 Å². The molecule has 0 radical (unpaired) electrons. The highest BCUT2D eigenvalue weighted by Gasteiger charge is 2.09. The van der Waals surface area contributed by atoms with Crippen molar-refractivity contribution in [2.45, 2.75) is 26.3 Å². The van der Waals surface area contributed by atoms with Crippen LogP contribution < -0.4 is 0 Å². The standard InChI is InChI=1S/C23H23N3O3/c1-2-6-18-9-11-20(12-10-18)22(27)17-29-23(28)14-13-21-16-26(25-24-21)15-19-7-4-3-5-8-19/h3-5,7-14,16H,2,6,15,17H2,1H3/b14-13+. The lowest BCUT2D eigenvalue weighted by atomic mass is 10.1. The monoisotopic (exact) mass is 389 g/mol. The summed E-state index contributed by atoms with van der Waals surface area (Å²) in [6.07, 6.45) is 6.52. The van der Waals surface area contributed by atoms with Crippen molar-refractivity contribution in [2.75, 3.05) is 6.61 Å². The second-order valence-electron chi connectivity index (χ2n) is 6.64. The number of carbonyl (C=O) groups is 2. The van der Waals surface area contributed by atoms with Crippen molar-refractivity contribution in [3.05, 3.63) is 89.3 Å². The molecule has 0 aliphatic carbocycles. The van der Waals surface area contributed by atoms with Gasteiger partial charge in [0.1, 0.15) is 5.69 Å². The highest BCUT2D eigenvalue weighted by Crippen LogP contribution is 2.08. The molecule has 0 unspecified atom stereocenters. The SMILES string of the molecule is CCCc1ccc(C(=O)COC(=O)/C=C/c2cn(Cc3ccccc3)nn2)cc1. The molecule has 0 bridgehead atoms. The minimum Gasteiger partial charge on any atom is -0.454 e. The summed E-state index contributed by atoms with van der Waals surface area (Å²) < 4.78 is 6.72. The molecule has 0 saturated heterocycles. The van der Waals surface area contributed by atoms with Crippen molar-refractivity contribution in [2.24, 2.45) is 0 Å². The Hall–Kier alpha value is -3.54. The van der Waals surface area contributed by atoms with E-state index in [0.717, 1.165) is 18.4 Å². The molecule has 6 heteroatoms. The Morgan fingerprint density at radius 2 is 1.79 bits per heavy atom. The molecular weight excluding hydrogens is 366 g/mol. The zero-order chi connectivity index (χ0) is 20.5. The summed E-state index contributed by atoms with van der Waals surface area (Å²) in [7, 11) is 0. The number of aromatic nitrogens is 3. The van der Waals surface area contributed by atoms with E-state index in [1.807, 2.05) is 42.5 Å². The van der Waals surface area contributed by atoms with Gasteiger partial charge in [-0.25, -0.2) is 9.48 Å². The van der Waals surface area contributed by atoms with Gasteiger partial charge in [0, 0.05) is 11.6 Å². The number of nitrogens with zero attached hydrogens (tertiary/aromatic N) is 3. The molecule has 6 nitrogen and oxygen atoms in total. The van der Waals surface area contributed by atoms with E-state index in [9.17, 15) is 9.59 Å². The molecule has 29 heavy (non-hydrogen) atoms. The van der Waals surface area contributed by atoms with Gasteiger partial charge in [-0.15, -0.1) is 5.10 Å². The van der Waals surface area contributed by atoms with Gasteiger partial charge in [0.05, 0.1) is 12.7 Å². The average molecular weight is 389 g/mol. The van der Waals surface area contributed by atoms with Gasteiger partial charge in [-0.05, 0) is 23.6 Å². The third kappa shape index (κ3) is 6.24. The van der Waals surface area contributed by atoms with Crippen molar-refractivity contribution >= 4 is 17.8 Å². The zero-order valence-electron chi connectivity index (χ0n) is 16.3. The van der Waals surface area contributed by atoms with Crippen molar-refractivity contribution in [3.8, 4) is 0 Å². The minimum atomic E-state index is -0.599. The normalized spacial score (nSPS) is 10.9. The fraction of sp³-hybridized carbons (Fsp3) is 0.217. The van der Waals surface area contributed by atoms with Gasteiger partial charge in [0.25, 0.3) is 0 Å². The van der Waals surface area contributed by atoms with Crippen molar-refractivity contribution in [1.82, 2.24) is 15.0 Å². The molecule has 2 aromatic carbocycles. The van der Waals surface area contributed by atoms with Gasteiger partial charge in [-0.2, -0.15) is 0 Å². The first-order chi connectivity index (χ1) is 14.1. The molecule has 148 valence electrons. The number of ether oxygens (including phenoxy) is 1. The van der Waals surface area contributed by atoms with Crippen LogP contribution in [0.1, 0.15) is 40.5 Å². The lowest BCUT2D eigenvalue weighted by Gasteiger charge is -2.03. The molecule has 0 aliphatic rings. The topological polar surface area (TPSA) is 74.1 Å². The molecule has 0 saturated carbocycles. The molecule has 0 fully saturated rings. The Kier molecular flexibility index (Phi) is 7.05. The molecule has 0 atom stereocenters. The van der Waals surface area contributed by atoms with Crippen LogP contribution >= 0.6 is 0 Å². The van der Waals surface area contributed by atoms with Crippen LogP contribution in [0.5, 0.6) is 0 Å². The highest BCUT2D eigenvalue weighted by molar-refractivity contribution is 5.98. The predicted molar refractivity (Wildman–Crippen MR) is 110 cm³/mol. The Balaban J connectivity index is 1.47. The predicted octanol–water partition coefficient (Wildman–Crippen LogP) is 3.72. The van der Waals surface area contributed by atoms with Crippen LogP contribution in [-0.2, 0) is 22.5 Å². The van der Waals surface area contributed by atoms with E-state index in [-0.39, 0.29) is 12.4 Å². The third-order valence-corrected chi connectivity index (χ3v) is 4.29. The van der Waals surface area contributed by atoms with Gasteiger partial charge >= 0.3 is 5.97 Å². The summed E-state index contributed by atoms with van der Waals surface area (Å²) in [6, 6.07) is 17.3. The van der Waals surface area contributed by atoms with Crippen LogP contribution in [0, 0.1) is 0 Å². The summed E-state index contributed by atoms with van der Waals surface area (Å²) in [5, 5.41) is 8.03. The van der Waals surface area contributed by atoms with E-state index in [1.165, 1.54) is 17.7 Å². The number of ketones is 1. The lowest BCUT2D eigenvalue weighted by Crippen LogP contribution is -2.12. The van der Waals surface area contributed by atoms with E-state index in [4.69, 9.17) is 4.74 Å². The van der Waals surface area contributed by atoms with Crippen LogP contribution in [0.25, 0.3) is 6.08 Å². The number of rotatable bonds is 9. The van der Waals surface area contributed by atoms with E-state index in [0.29, 0.717) is 17.8 Å². The molecule has 0 spiro atoms. The lowest BCUT2D eigenvalue weighted by molar-refractivity contribution is -0.136. The van der Waals surface area contributed by atoms with E-state index in [1.54, 1.807) is 23.0 Å². The largest absolute Gasteiger partial charge is 0.454 e. The number of benzene rings is 2. The number of carbonyl (C=O) groups excluding carboxylic acids is 2. The number of Topliss-reactive ketones (excluding diaryl/α,β-unsaturated/α-hetero) is 1. The second kappa shape index (κ2) is 10.1. The maximum absolute atomic E-state index is 12.1. The van der Waals surface area contributed by atoms with Crippen LogP contribution in [-0.4, -0.2) is 33.4 Å². The second-order valence-corrected chi connectivity index (χ2v) is 6.64. The van der Waals surface area contributed by atoms with Crippen molar-refractivity contribution in [1.29, 1.82) is 0 Å². The molecule has 3 rings (SSSR count). The summed E-state index contributed by atoms with van der Waals surface area (Å²) in [5.41, 5.74) is 3.36. The Morgan fingerprint density at radius 3 is 2.52 bits per heavy atom. The molecule has 3 aromatic rings. The molecule has 0 N–H and O–H groups in total. The van der Waals surface area contributed by atoms with Gasteiger partial charge in [-0.3, -0.25) is 4.79 Å². The summed E-state index contributed by atoms with van der Waals surface area (Å²) in [4.78, 5) is 24.0. The fourth-order valence-electron chi connectivity index (χ4n) is 2.81. The molecule has 0 aliphatic heterocycles. The third-order valence-electron chi connectivity index (χ3n) is 4.29. The maximum Gasteiger partial charge on any atom is 0.331 e. The average Bonchev–Trinajstić information content (AvgIpc) is 3.19. The van der Waals surface area contributed by atoms with E-state index < -0.39 is 5.97 Å². The first kappa shape index (κ1) is 20.2. The Morgan fingerprint density at radius 1 is 1.03 bits per heavy atom. The molecule has 1 aromatic heterocycles. The molecule has 1 heterocycles. The van der Waals surface area contributed by atoms with Gasteiger partial charge in [0.15, 0.2) is 12.4 Å². The van der Waals surface area contributed by atoms with Crippen LogP contribution in [0.2, 0.25) is 0 Å². The minimum absolute atomic E-state index is 0.233. The number of hydrogen-bond donors (Lipinski definition) is 0. The highest BCUT2D eigenvalue weighted by atomic mass is 16.5.